The normalized spacial score (nSPS) is 13.6. The van der Waals surface area contributed by atoms with Crippen molar-refractivity contribution < 1.29 is 19.2 Å². The van der Waals surface area contributed by atoms with Crippen molar-refractivity contribution >= 4 is 22.9 Å². The van der Waals surface area contributed by atoms with E-state index in [4.69, 9.17) is 9.47 Å². The standard InChI is InChI=1S/C25H26N2O5S/c1-3-32-22-14-19(20(27(29)30)15-21(22)31-2)25(28)26-24(23-9-6-12-33-23)18-11-10-16-7-4-5-8-17(16)13-18/h6,9-15,24H,3-5,7-8H2,1-2H3,(H,26,28). The van der Waals surface area contributed by atoms with Gasteiger partial charge in [0, 0.05) is 10.9 Å². The lowest BCUT2D eigenvalue weighted by atomic mass is 9.89. The molecule has 1 aliphatic carbocycles. The minimum Gasteiger partial charge on any atom is -0.493 e. The van der Waals surface area contributed by atoms with Crippen LogP contribution < -0.4 is 14.8 Å². The second-order valence-corrected chi connectivity index (χ2v) is 8.85. The average Bonchev–Trinajstić information content (AvgIpc) is 3.36. The number of nitrogens with zero attached hydrogens (tertiary/aromatic N) is 1. The van der Waals surface area contributed by atoms with Gasteiger partial charge in [-0.3, -0.25) is 14.9 Å². The highest BCUT2D eigenvalue weighted by Crippen LogP contribution is 2.36. The predicted octanol–water partition coefficient (Wildman–Crippen LogP) is 5.46. The van der Waals surface area contributed by atoms with Crippen molar-refractivity contribution in [2.24, 2.45) is 0 Å². The fraction of sp³-hybridized carbons (Fsp3) is 0.320. The number of nitrogens with one attached hydrogen (secondary N) is 1. The molecule has 0 radical (unpaired) electrons. The SMILES string of the molecule is CCOc1cc(C(=O)NC(c2ccc3c(c2)CCCC3)c2cccs2)c([N+](=O)[O-])cc1OC. The lowest BCUT2D eigenvalue weighted by Gasteiger charge is -2.22. The molecule has 1 amide bonds. The van der Waals surface area contributed by atoms with E-state index in [2.05, 4.69) is 17.4 Å². The Morgan fingerprint density at radius 2 is 1.94 bits per heavy atom. The molecule has 2 aromatic carbocycles. The van der Waals surface area contributed by atoms with Crippen LogP contribution in [-0.2, 0) is 12.8 Å². The van der Waals surface area contributed by atoms with Crippen molar-refractivity contribution in [1.82, 2.24) is 5.32 Å². The summed E-state index contributed by atoms with van der Waals surface area (Å²) in [5.74, 6) is -0.0387. The summed E-state index contributed by atoms with van der Waals surface area (Å²) in [5.41, 5.74) is 3.23. The summed E-state index contributed by atoms with van der Waals surface area (Å²) in [6.07, 6.45) is 4.45. The molecular weight excluding hydrogens is 440 g/mol. The van der Waals surface area contributed by atoms with Crippen molar-refractivity contribution in [1.29, 1.82) is 0 Å². The number of fused-ring (bicyclic) bond motifs is 1. The number of thiophene rings is 1. The predicted molar refractivity (Wildman–Crippen MR) is 128 cm³/mol. The van der Waals surface area contributed by atoms with E-state index in [1.165, 1.54) is 48.1 Å². The summed E-state index contributed by atoms with van der Waals surface area (Å²) >= 11 is 1.53. The van der Waals surface area contributed by atoms with Crippen LogP contribution in [0.15, 0.2) is 47.8 Å². The van der Waals surface area contributed by atoms with E-state index < -0.39 is 16.9 Å². The first-order chi connectivity index (χ1) is 16.0. The number of nitro benzene ring substituents is 1. The van der Waals surface area contributed by atoms with Gasteiger partial charge in [0.05, 0.1) is 30.7 Å². The number of amides is 1. The van der Waals surface area contributed by atoms with Crippen LogP contribution in [0.3, 0.4) is 0 Å². The zero-order valence-corrected chi connectivity index (χ0v) is 19.4. The Bertz CT molecular complexity index is 1160. The topological polar surface area (TPSA) is 90.7 Å². The number of nitro groups is 1. The molecule has 172 valence electrons. The van der Waals surface area contributed by atoms with Crippen LogP contribution in [0.4, 0.5) is 5.69 Å². The number of aryl methyl sites for hydroxylation is 2. The number of methoxy groups -OCH3 is 1. The van der Waals surface area contributed by atoms with Gasteiger partial charge in [-0.1, -0.05) is 24.3 Å². The number of benzene rings is 2. The summed E-state index contributed by atoms with van der Waals surface area (Å²) in [5, 5.41) is 16.7. The fourth-order valence-electron chi connectivity index (χ4n) is 4.23. The number of carbonyl (C=O) groups is 1. The lowest BCUT2D eigenvalue weighted by Crippen LogP contribution is -2.29. The maximum Gasteiger partial charge on any atom is 0.286 e. The summed E-state index contributed by atoms with van der Waals surface area (Å²) in [6.45, 7) is 2.13. The molecule has 0 spiro atoms. The Morgan fingerprint density at radius 3 is 2.61 bits per heavy atom. The zero-order chi connectivity index (χ0) is 23.4. The first kappa shape index (κ1) is 22.8. The first-order valence-electron chi connectivity index (χ1n) is 11.0. The molecule has 8 heteroatoms. The molecule has 33 heavy (non-hydrogen) atoms. The van der Waals surface area contributed by atoms with E-state index in [0.29, 0.717) is 6.61 Å². The molecule has 7 nitrogen and oxygen atoms in total. The van der Waals surface area contributed by atoms with E-state index in [-0.39, 0.29) is 22.7 Å². The molecule has 1 N–H and O–H groups in total. The van der Waals surface area contributed by atoms with E-state index in [9.17, 15) is 14.9 Å². The highest BCUT2D eigenvalue weighted by Gasteiger charge is 2.28. The number of hydrogen-bond acceptors (Lipinski definition) is 6. The molecule has 0 bridgehead atoms. The van der Waals surface area contributed by atoms with Crippen LogP contribution in [0, 0.1) is 10.1 Å². The molecule has 0 fully saturated rings. The summed E-state index contributed by atoms with van der Waals surface area (Å²) in [6, 6.07) is 12.4. The van der Waals surface area contributed by atoms with Gasteiger partial charge in [-0.25, -0.2) is 0 Å². The van der Waals surface area contributed by atoms with Crippen molar-refractivity contribution in [3.05, 3.63) is 85.1 Å². The molecule has 1 heterocycles. The van der Waals surface area contributed by atoms with Gasteiger partial charge in [-0.2, -0.15) is 0 Å². The summed E-state index contributed by atoms with van der Waals surface area (Å²) in [7, 11) is 1.41. The molecule has 0 saturated carbocycles. The molecule has 1 unspecified atom stereocenters. The van der Waals surface area contributed by atoms with Gasteiger partial charge >= 0.3 is 0 Å². The van der Waals surface area contributed by atoms with E-state index in [1.807, 2.05) is 23.6 Å². The second-order valence-electron chi connectivity index (χ2n) is 7.87. The molecular formula is C25H26N2O5S. The number of ether oxygens (including phenoxy) is 2. The maximum absolute atomic E-state index is 13.4. The molecule has 4 rings (SSSR count). The van der Waals surface area contributed by atoms with Gasteiger partial charge in [-0.15, -0.1) is 11.3 Å². The van der Waals surface area contributed by atoms with Crippen LogP contribution in [0.1, 0.15) is 57.7 Å². The van der Waals surface area contributed by atoms with E-state index >= 15 is 0 Å². The van der Waals surface area contributed by atoms with E-state index in [1.54, 1.807) is 6.92 Å². The molecule has 0 aliphatic heterocycles. The monoisotopic (exact) mass is 466 g/mol. The minimum absolute atomic E-state index is 0.0660. The smallest absolute Gasteiger partial charge is 0.286 e. The Hall–Kier alpha value is -3.39. The Labute approximate surface area is 196 Å². The third-order valence-electron chi connectivity index (χ3n) is 5.83. The van der Waals surface area contributed by atoms with Crippen LogP contribution in [0.5, 0.6) is 11.5 Å². The highest BCUT2D eigenvalue weighted by molar-refractivity contribution is 7.10. The van der Waals surface area contributed by atoms with Crippen molar-refractivity contribution in [2.75, 3.05) is 13.7 Å². The molecule has 1 aliphatic rings. The molecule has 1 aromatic heterocycles. The Kier molecular flexibility index (Phi) is 6.93. The largest absolute Gasteiger partial charge is 0.493 e. The van der Waals surface area contributed by atoms with Crippen molar-refractivity contribution in [2.45, 2.75) is 38.6 Å². The van der Waals surface area contributed by atoms with E-state index in [0.717, 1.165) is 29.7 Å². The number of carbonyl (C=O) groups excluding carboxylic acids is 1. The summed E-state index contributed by atoms with van der Waals surface area (Å²) < 4.78 is 10.8. The van der Waals surface area contributed by atoms with Crippen LogP contribution in [0.2, 0.25) is 0 Å². The quantitative estimate of drug-likeness (QED) is 0.352. The Morgan fingerprint density at radius 1 is 1.15 bits per heavy atom. The first-order valence-corrected chi connectivity index (χ1v) is 11.8. The second kappa shape index (κ2) is 10.0. The van der Waals surface area contributed by atoms with Gasteiger partial charge in [-0.05, 0) is 60.7 Å². The molecule has 0 saturated heterocycles. The van der Waals surface area contributed by atoms with Gasteiger partial charge in [0.1, 0.15) is 5.56 Å². The summed E-state index contributed by atoms with van der Waals surface area (Å²) in [4.78, 5) is 25.5. The highest BCUT2D eigenvalue weighted by atomic mass is 32.1. The van der Waals surface area contributed by atoms with Gasteiger partial charge in [0.15, 0.2) is 11.5 Å². The zero-order valence-electron chi connectivity index (χ0n) is 18.6. The maximum atomic E-state index is 13.4. The van der Waals surface area contributed by atoms with Crippen LogP contribution >= 0.6 is 11.3 Å². The fourth-order valence-corrected chi connectivity index (χ4v) is 5.03. The molecule has 3 aromatic rings. The van der Waals surface area contributed by atoms with Crippen molar-refractivity contribution in [3.63, 3.8) is 0 Å². The van der Waals surface area contributed by atoms with Gasteiger partial charge in [0.2, 0.25) is 0 Å². The number of hydrogen-bond donors (Lipinski definition) is 1. The van der Waals surface area contributed by atoms with Gasteiger partial charge in [0.25, 0.3) is 11.6 Å². The van der Waals surface area contributed by atoms with Crippen molar-refractivity contribution in [3.8, 4) is 11.5 Å². The number of rotatable bonds is 8. The minimum atomic E-state index is -0.577. The van der Waals surface area contributed by atoms with Gasteiger partial charge < -0.3 is 14.8 Å². The van der Waals surface area contributed by atoms with Crippen LogP contribution in [0.25, 0.3) is 0 Å². The third kappa shape index (κ3) is 4.85. The molecule has 1 atom stereocenters. The third-order valence-corrected chi connectivity index (χ3v) is 6.77. The van der Waals surface area contributed by atoms with Crippen LogP contribution in [-0.4, -0.2) is 24.5 Å². The Balaban J connectivity index is 1.72. The lowest BCUT2D eigenvalue weighted by molar-refractivity contribution is -0.385. The average molecular weight is 467 g/mol.